The molecule has 5 nitrogen and oxygen atoms in total. The smallest absolute Gasteiger partial charge is 0.238 e. The normalized spacial score (nSPS) is 17.8. The van der Waals surface area contributed by atoms with Gasteiger partial charge in [0.25, 0.3) is 0 Å². The van der Waals surface area contributed by atoms with Crippen molar-refractivity contribution in [2.24, 2.45) is 0 Å². The van der Waals surface area contributed by atoms with E-state index in [4.69, 9.17) is 5.11 Å². The second kappa shape index (κ2) is 7.32. The van der Waals surface area contributed by atoms with E-state index in [0.717, 1.165) is 37.2 Å². The number of aliphatic hydroxyl groups is 1. The third kappa shape index (κ3) is 4.24. The van der Waals surface area contributed by atoms with Crippen molar-refractivity contribution in [2.75, 3.05) is 43.0 Å². The van der Waals surface area contributed by atoms with Gasteiger partial charge in [0.05, 0.1) is 13.2 Å². The second-order valence-corrected chi connectivity index (χ2v) is 6.67. The molecule has 1 aromatic carbocycles. The molecule has 2 N–H and O–H groups in total. The van der Waals surface area contributed by atoms with Crippen molar-refractivity contribution >= 4 is 17.3 Å². The van der Waals surface area contributed by atoms with Gasteiger partial charge in [0.2, 0.25) is 5.91 Å². The highest BCUT2D eigenvalue weighted by atomic mass is 16.3. The van der Waals surface area contributed by atoms with Crippen molar-refractivity contribution in [2.45, 2.75) is 38.6 Å². The molecule has 0 bridgehead atoms. The predicted molar refractivity (Wildman–Crippen MR) is 92.9 cm³/mol. The molecular weight excluding hydrogens is 290 g/mol. The highest BCUT2D eigenvalue weighted by Gasteiger charge is 2.29. The summed E-state index contributed by atoms with van der Waals surface area (Å²) >= 11 is 0. The van der Waals surface area contributed by atoms with Gasteiger partial charge in [-0.15, -0.1) is 0 Å². The Morgan fingerprint density at radius 1 is 1.35 bits per heavy atom. The zero-order valence-electron chi connectivity index (χ0n) is 13.9. The van der Waals surface area contributed by atoms with E-state index >= 15 is 0 Å². The molecule has 1 aromatic rings. The molecule has 2 aliphatic rings. The number of hydrogen-bond acceptors (Lipinski definition) is 4. The maximum Gasteiger partial charge on any atom is 0.238 e. The van der Waals surface area contributed by atoms with E-state index < -0.39 is 0 Å². The Labute approximate surface area is 138 Å². The summed E-state index contributed by atoms with van der Waals surface area (Å²) in [6, 6.07) is 6.74. The quantitative estimate of drug-likeness (QED) is 0.807. The van der Waals surface area contributed by atoms with Gasteiger partial charge in [-0.1, -0.05) is 0 Å². The molecule has 1 aliphatic heterocycles. The number of rotatable bonds is 7. The van der Waals surface area contributed by atoms with Gasteiger partial charge < -0.3 is 15.3 Å². The Balaban J connectivity index is 1.59. The molecule has 23 heavy (non-hydrogen) atoms. The van der Waals surface area contributed by atoms with Crippen LogP contribution in [0.4, 0.5) is 11.4 Å². The zero-order chi connectivity index (χ0) is 16.2. The lowest BCUT2D eigenvalue weighted by molar-refractivity contribution is -0.117. The predicted octanol–water partition coefficient (Wildman–Crippen LogP) is 1.99. The van der Waals surface area contributed by atoms with Crippen LogP contribution < -0.4 is 10.2 Å². The summed E-state index contributed by atoms with van der Waals surface area (Å²) in [6.45, 7) is 5.34. The first-order chi connectivity index (χ1) is 11.2. The SMILES string of the molecule is Cc1cc(N2CCCC2)ccc1NC(=O)CN(CCO)C1CC1. The van der Waals surface area contributed by atoms with Crippen molar-refractivity contribution < 1.29 is 9.90 Å². The van der Waals surface area contributed by atoms with Crippen LogP contribution in [-0.2, 0) is 4.79 Å². The molecule has 0 unspecified atom stereocenters. The molecule has 0 atom stereocenters. The summed E-state index contributed by atoms with van der Waals surface area (Å²) in [5, 5.41) is 12.1. The van der Waals surface area contributed by atoms with E-state index in [9.17, 15) is 4.79 Å². The Kier molecular flexibility index (Phi) is 5.18. The molecule has 0 aromatic heterocycles. The van der Waals surface area contributed by atoms with E-state index in [2.05, 4.69) is 27.2 Å². The van der Waals surface area contributed by atoms with Crippen LogP contribution in [0.2, 0.25) is 0 Å². The van der Waals surface area contributed by atoms with Crippen LogP contribution in [0.1, 0.15) is 31.2 Å². The Bertz CT molecular complexity index is 551. The van der Waals surface area contributed by atoms with E-state index in [1.165, 1.54) is 18.5 Å². The van der Waals surface area contributed by atoms with Crippen molar-refractivity contribution in [3.05, 3.63) is 23.8 Å². The lowest BCUT2D eigenvalue weighted by Gasteiger charge is -2.21. The van der Waals surface area contributed by atoms with Crippen molar-refractivity contribution in [1.82, 2.24) is 4.90 Å². The van der Waals surface area contributed by atoms with Gasteiger partial charge in [0, 0.05) is 37.1 Å². The molecule has 5 heteroatoms. The Morgan fingerprint density at radius 3 is 2.70 bits per heavy atom. The number of aliphatic hydroxyl groups excluding tert-OH is 1. The van der Waals surface area contributed by atoms with E-state index in [1.54, 1.807) is 0 Å². The second-order valence-electron chi connectivity index (χ2n) is 6.67. The highest BCUT2D eigenvalue weighted by molar-refractivity contribution is 5.93. The van der Waals surface area contributed by atoms with Gasteiger partial charge in [0.1, 0.15) is 0 Å². The third-order valence-corrected chi connectivity index (χ3v) is 4.75. The molecule has 2 fully saturated rings. The number of anilines is 2. The van der Waals surface area contributed by atoms with Gasteiger partial charge in [-0.2, -0.15) is 0 Å². The summed E-state index contributed by atoms with van der Waals surface area (Å²) < 4.78 is 0. The van der Waals surface area contributed by atoms with E-state index in [1.807, 2.05) is 13.0 Å². The first-order valence-corrected chi connectivity index (χ1v) is 8.68. The van der Waals surface area contributed by atoms with Gasteiger partial charge in [-0.05, 0) is 56.4 Å². The van der Waals surface area contributed by atoms with Crippen LogP contribution in [0.25, 0.3) is 0 Å². The minimum atomic E-state index is 0.00220. The molecule has 1 saturated carbocycles. The third-order valence-electron chi connectivity index (χ3n) is 4.75. The fraction of sp³-hybridized carbons (Fsp3) is 0.611. The summed E-state index contributed by atoms with van der Waals surface area (Å²) in [6.07, 6.45) is 4.80. The van der Waals surface area contributed by atoms with E-state index in [-0.39, 0.29) is 12.5 Å². The Hall–Kier alpha value is -1.59. The van der Waals surface area contributed by atoms with Crippen LogP contribution >= 0.6 is 0 Å². The molecule has 0 spiro atoms. The maximum atomic E-state index is 12.3. The number of nitrogens with one attached hydrogen (secondary N) is 1. The van der Waals surface area contributed by atoms with Crippen LogP contribution in [0.3, 0.4) is 0 Å². The molecular formula is C18H27N3O2. The topological polar surface area (TPSA) is 55.8 Å². The van der Waals surface area contributed by atoms with Gasteiger partial charge in [-0.3, -0.25) is 9.69 Å². The lowest BCUT2D eigenvalue weighted by Crippen LogP contribution is -2.36. The molecule has 1 saturated heterocycles. The number of hydrogen-bond donors (Lipinski definition) is 2. The number of carbonyl (C=O) groups excluding carboxylic acids is 1. The molecule has 1 heterocycles. The maximum absolute atomic E-state index is 12.3. The standard InChI is InChI=1S/C18H27N3O2/c1-14-12-16(20-8-2-3-9-20)6-7-17(14)19-18(23)13-21(10-11-22)15-4-5-15/h6-7,12,15,22H,2-5,8-11,13H2,1H3,(H,19,23). The molecule has 1 aliphatic carbocycles. The average molecular weight is 317 g/mol. The molecule has 1 amide bonds. The molecule has 0 radical (unpaired) electrons. The Morgan fingerprint density at radius 2 is 2.09 bits per heavy atom. The van der Waals surface area contributed by atoms with Gasteiger partial charge in [0.15, 0.2) is 0 Å². The van der Waals surface area contributed by atoms with Gasteiger partial charge >= 0.3 is 0 Å². The van der Waals surface area contributed by atoms with Crippen LogP contribution in [0.15, 0.2) is 18.2 Å². The monoisotopic (exact) mass is 317 g/mol. The molecule has 3 rings (SSSR count). The van der Waals surface area contributed by atoms with Gasteiger partial charge in [-0.25, -0.2) is 0 Å². The average Bonchev–Trinajstić information content (AvgIpc) is 3.23. The first kappa shape index (κ1) is 16.3. The number of nitrogens with zero attached hydrogens (tertiary/aromatic N) is 2. The summed E-state index contributed by atoms with van der Waals surface area (Å²) in [5.74, 6) is 0.00220. The van der Waals surface area contributed by atoms with Crippen molar-refractivity contribution in [3.63, 3.8) is 0 Å². The number of amides is 1. The highest BCUT2D eigenvalue weighted by Crippen LogP contribution is 2.27. The number of carbonyl (C=O) groups is 1. The summed E-state index contributed by atoms with van der Waals surface area (Å²) in [4.78, 5) is 16.7. The lowest BCUT2D eigenvalue weighted by atomic mass is 10.1. The minimum absolute atomic E-state index is 0.00220. The fourth-order valence-corrected chi connectivity index (χ4v) is 3.29. The van der Waals surface area contributed by atoms with Crippen molar-refractivity contribution in [1.29, 1.82) is 0 Å². The largest absolute Gasteiger partial charge is 0.395 e. The van der Waals surface area contributed by atoms with Crippen LogP contribution in [0, 0.1) is 6.92 Å². The minimum Gasteiger partial charge on any atom is -0.395 e. The van der Waals surface area contributed by atoms with Crippen molar-refractivity contribution in [3.8, 4) is 0 Å². The van der Waals surface area contributed by atoms with Crippen LogP contribution in [-0.4, -0.2) is 54.7 Å². The summed E-state index contributed by atoms with van der Waals surface area (Å²) in [7, 11) is 0. The number of benzene rings is 1. The first-order valence-electron chi connectivity index (χ1n) is 8.68. The fourth-order valence-electron chi connectivity index (χ4n) is 3.29. The number of aryl methyl sites for hydroxylation is 1. The molecule has 126 valence electrons. The summed E-state index contributed by atoms with van der Waals surface area (Å²) in [5.41, 5.74) is 3.23. The van der Waals surface area contributed by atoms with E-state index in [0.29, 0.717) is 19.1 Å². The zero-order valence-corrected chi connectivity index (χ0v) is 13.9. The van der Waals surface area contributed by atoms with Crippen LogP contribution in [0.5, 0.6) is 0 Å².